The second kappa shape index (κ2) is 6.85. The van der Waals surface area contributed by atoms with Crippen molar-refractivity contribution >= 4 is 10.0 Å². The maximum atomic E-state index is 12.0. The molecule has 0 aromatic carbocycles. The predicted molar refractivity (Wildman–Crippen MR) is 79.3 cm³/mol. The lowest BCUT2D eigenvalue weighted by atomic mass is 10.2. The van der Waals surface area contributed by atoms with Crippen LogP contribution in [-0.2, 0) is 16.6 Å². The van der Waals surface area contributed by atoms with Gasteiger partial charge in [0.25, 0.3) is 0 Å². The van der Waals surface area contributed by atoms with Gasteiger partial charge in [-0.1, -0.05) is 20.8 Å². The quantitative estimate of drug-likeness (QED) is 0.780. The molecule has 0 spiro atoms. The smallest absolute Gasteiger partial charge is 0.230 e. The highest BCUT2D eigenvalue weighted by Gasteiger charge is 2.26. The fourth-order valence-corrected chi connectivity index (χ4v) is 3.80. The van der Waals surface area contributed by atoms with E-state index < -0.39 is 10.0 Å². The van der Waals surface area contributed by atoms with Crippen molar-refractivity contribution in [3.63, 3.8) is 0 Å². The van der Waals surface area contributed by atoms with Crippen LogP contribution in [0.1, 0.15) is 44.9 Å². The van der Waals surface area contributed by atoms with Gasteiger partial charge in [-0.15, -0.1) is 10.2 Å². The molecule has 7 nitrogen and oxygen atoms in total. The molecule has 0 atom stereocenters. The van der Waals surface area contributed by atoms with Crippen LogP contribution in [0.15, 0.2) is 4.42 Å². The summed E-state index contributed by atoms with van der Waals surface area (Å²) in [4.78, 5) is 2.15. The monoisotopic (exact) mass is 316 g/mol. The minimum atomic E-state index is -3.08. The Balaban J connectivity index is 1.86. The summed E-state index contributed by atoms with van der Waals surface area (Å²) >= 11 is 0. The number of piperazine rings is 1. The van der Waals surface area contributed by atoms with Crippen LogP contribution in [0.3, 0.4) is 0 Å². The van der Waals surface area contributed by atoms with Crippen molar-refractivity contribution in [2.24, 2.45) is 0 Å². The summed E-state index contributed by atoms with van der Waals surface area (Å²) in [6.07, 6.45) is 0.655. The summed E-state index contributed by atoms with van der Waals surface area (Å²) < 4.78 is 31.2. The molecule has 0 radical (unpaired) electrons. The van der Waals surface area contributed by atoms with E-state index in [0.29, 0.717) is 50.9 Å². The van der Waals surface area contributed by atoms with Crippen LogP contribution in [-0.4, -0.2) is 59.8 Å². The Kier molecular flexibility index (Phi) is 5.34. The van der Waals surface area contributed by atoms with E-state index in [9.17, 15) is 8.42 Å². The zero-order valence-electron chi connectivity index (χ0n) is 12.9. The summed E-state index contributed by atoms with van der Waals surface area (Å²) in [5, 5.41) is 8.05. The summed E-state index contributed by atoms with van der Waals surface area (Å²) in [7, 11) is -3.08. The number of aromatic nitrogens is 2. The first-order valence-corrected chi connectivity index (χ1v) is 9.05. The molecule has 0 N–H and O–H groups in total. The zero-order chi connectivity index (χ0) is 15.5. The van der Waals surface area contributed by atoms with E-state index in [1.165, 1.54) is 0 Å². The van der Waals surface area contributed by atoms with Crippen LogP contribution in [0.25, 0.3) is 0 Å². The van der Waals surface area contributed by atoms with Gasteiger partial charge in [0.2, 0.25) is 21.8 Å². The average Bonchev–Trinajstić information content (AvgIpc) is 2.88. The first-order chi connectivity index (χ1) is 9.92. The summed E-state index contributed by atoms with van der Waals surface area (Å²) in [6, 6.07) is 0. The lowest BCUT2D eigenvalue weighted by molar-refractivity contribution is 0.167. The van der Waals surface area contributed by atoms with Crippen molar-refractivity contribution in [1.82, 2.24) is 19.4 Å². The highest BCUT2D eigenvalue weighted by atomic mass is 32.2. The summed E-state index contributed by atoms with van der Waals surface area (Å²) in [5.41, 5.74) is 0. The van der Waals surface area contributed by atoms with Crippen LogP contribution in [0.4, 0.5) is 0 Å². The molecule has 2 rings (SSSR count). The third-order valence-corrected chi connectivity index (χ3v) is 5.60. The minimum absolute atomic E-state index is 0.224. The predicted octanol–water partition coefficient (Wildman–Crippen LogP) is 1.05. The molecule has 0 unspecified atom stereocenters. The van der Waals surface area contributed by atoms with Gasteiger partial charge in [0.1, 0.15) is 0 Å². The number of hydrogen-bond acceptors (Lipinski definition) is 6. The van der Waals surface area contributed by atoms with Gasteiger partial charge in [0.15, 0.2) is 0 Å². The molecule has 1 aromatic heterocycles. The van der Waals surface area contributed by atoms with Crippen LogP contribution < -0.4 is 0 Å². The Morgan fingerprint density at radius 1 is 1.19 bits per heavy atom. The van der Waals surface area contributed by atoms with Crippen molar-refractivity contribution in [1.29, 1.82) is 0 Å². The number of rotatable bonds is 6. The fraction of sp³-hybridized carbons (Fsp3) is 0.846. The lowest BCUT2D eigenvalue weighted by Crippen LogP contribution is -2.48. The molecule has 1 aromatic rings. The van der Waals surface area contributed by atoms with Crippen LogP contribution in [0, 0.1) is 0 Å². The minimum Gasteiger partial charge on any atom is -0.424 e. The molecule has 8 heteroatoms. The van der Waals surface area contributed by atoms with Gasteiger partial charge in [0, 0.05) is 32.1 Å². The van der Waals surface area contributed by atoms with E-state index in [1.54, 1.807) is 4.31 Å². The highest BCUT2D eigenvalue weighted by molar-refractivity contribution is 7.89. The van der Waals surface area contributed by atoms with Gasteiger partial charge < -0.3 is 4.42 Å². The zero-order valence-corrected chi connectivity index (χ0v) is 13.8. The SMILES string of the molecule is CCCS(=O)(=O)N1CCN(Cc2nnc(C(C)C)o2)CC1. The second-order valence-corrected chi connectivity index (χ2v) is 7.77. The molecule has 0 bridgehead atoms. The molecular formula is C13H24N4O3S. The first kappa shape index (κ1) is 16.4. The van der Waals surface area contributed by atoms with Crippen molar-refractivity contribution < 1.29 is 12.8 Å². The molecule has 21 heavy (non-hydrogen) atoms. The summed E-state index contributed by atoms with van der Waals surface area (Å²) in [5.74, 6) is 1.70. The van der Waals surface area contributed by atoms with E-state index in [1.807, 2.05) is 20.8 Å². The molecule has 0 aliphatic carbocycles. The first-order valence-electron chi connectivity index (χ1n) is 7.45. The Labute approximate surface area is 126 Å². The molecular weight excluding hydrogens is 292 g/mol. The normalized spacial score (nSPS) is 18.5. The van der Waals surface area contributed by atoms with Gasteiger partial charge >= 0.3 is 0 Å². The van der Waals surface area contributed by atoms with Gasteiger partial charge in [-0.05, 0) is 6.42 Å². The van der Waals surface area contributed by atoms with E-state index in [-0.39, 0.29) is 11.7 Å². The van der Waals surface area contributed by atoms with Crippen molar-refractivity contribution in [3.05, 3.63) is 11.8 Å². The van der Waals surface area contributed by atoms with E-state index >= 15 is 0 Å². The van der Waals surface area contributed by atoms with Gasteiger partial charge in [-0.2, -0.15) is 4.31 Å². The van der Waals surface area contributed by atoms with Crippen LogP contribution >= 0.6 is 0 Å². The van der Waals surface area contributed by atoms with Gasteiger partial charge in [-0.3, -0.25) is 4.90 Å². The standard InChI is InChI=1S/C13H24N4O3S/c1-4-9-21(18,19)17-7-5-16(6-8-17)10-12-14-15-13(20-12)11(2)3/h11H,4-10H2,1-3H3. The molecule has 0 saturated carbocycles. The van der Waals surface area contributed by atoms with Crippen molar-refractivity contribution in [3.8, 4) is 0 Å². The van der Waals surface area contributed by atoms with Crippen LogP contribution in [0.2, 0.25) is 0 Å². The second-order valence-electron chi connectivity index (χ2n) is 5.68. The summed E-state index contributed by atoms with van der Waals surface area (Å²) in [6.45, 7) is 8.95. The Morgan fingerprint density at radius 3 is 2.38 bits per heavy atom. The lowest BCUT2D eigenvalue weighted by Gasteiger charge is -2.33. The van der Waals surface area contributed by atoms with Crippen LogP contribution in [0.5, 0.6) is 0 Å². The number of sulfonamides is 1. The van der Waals surface area contributed by atoms with Gasteiger partial charge in [-0.25, -0.2) is 8.42 Å². The van der Waals surface area contributed by atoms with Crippen molar-refractivity contribution in [2.75, 3.05) is 31.9 Å². The number of hydrogen-bond donors (Lipinski definition) is 0. The van der Waals surface area contributed by atoms with E-state index in [2.05, 4.69) is 15.1 Å². The Bertz CT molecular complexity index is 548. The fourth-order valence-electron chi connectivity index (χ4n) is 2.31. The van der Waals surface area contributed by atoms with E-state index in [4.69, 9.17) is 4.42 Å². The molecule has 2 heterocycles. The molecule has 1 aliphatic rings. The van der Waals surface area contributed by atoms with Gasteiger partial charge in [0.05, 0.1) is 12.3 Å². The molecule has 120 valence electrons. The Morgan fingerprint density at radius 2 is 1.86 bits per heavy atom. The number of nitrogens with zero attached hydrogens (tertiary/aromatic N) is 4. The average molecular weight is 316 g/mol. The highest BCUT2D eigenvalue weighted by Crippen LogP contribution is 2.15. The Hall–Kier alpha value is -0.990. The van der Waals surface area contributed by atoms with E-state index in [0.717, 1.165) is 0 Å². The topological polar surface area (TPSA) is 79.5 Å². The molecule has 1 saturated heterocycles. The third kappa shape index (κ3) is 4.24. The molecule has 0 amide bonds. The van der Waals surface area contributed by atoms with Crippen molar-refractivity contribution in [2.45, 2.75) is 39.7 Å². The largest absolute Gasteiger partial charge is 0.424 e. The maximum Gasteiger partial charge on any atom is 0.230 e. The maximum absolute atomic E-state index is 12.0. The molecule has 1 aliphatic heterocycles. The molecule has 1 fully saturated rings. The third-order valence-electron chi connectivity index (χ3n) is 3.52.